The first-order valence-corrected chi connectivity index (χ1v) is 8.18. The standard InChI is InChI=1S/C19H15F3N2O3/c1-2-27-19(26)16-17(23-9-10-3-4-12(21)8-14(10)22)13-7-11(20)5-6-15(13)24-18(16)25/h3-8,13,23H,2,9H2,1H3. The minimum absolute atomic E-state index is 0.0286. The van der Waals surface area contributed by atoms with Crippen LogP contribution in [-0.4, -0.2) is 24.2 Å². The van der Waals surface area contributed by atoms with Crippen molar-refractivity contribution in [2.75, 3.05) is 6.61 Å². The summed E-state index contributed by atoms with van der Waals surface area (Å²) in [6.07, 6.45) is 3.67. The molecular formula is C19H15F3N2O3. The van der Waals surface area contributed by atoms with Gasteiger partial charge in [-0.2, -0.15) is 0 Å². The summed E-state index contributed by atoms with van der Waals surface area (Å²) in [5, 5.41) is 2.81. The molecule has 1 aliphatic heterocycles. The zero-order valence-electron chi connectivity index (χ0n) is 14.3. The second kappa shape index (κ2) is 7.61. The van der Waals surface area contributed by atoms with Crippen molar-refractivity contribution in [3.8, 4) is 0 Å². The average Bonchev–Trinajstić information content (AvgIpc) is 2.61. The van der Waals surface area contributed by atoms with Crippen LogP contribution in [-0.2, 0) is 20.9 Å². The lowest BCUT2D eigenvalue weighted by atomic mass is 9.88. The third-order valence-corrected chi connectivity index (χ3v) is 4.05. The maximum absolute atomic E-state index is 13.9. The Labute approximate surface area is 152 Å². The largest absolute Gasteiger partial charge is 0.462 e. The van der Waals surface area contributed by atoms with Gasteiger partial charge in [-0.3, -0.25) is 4.79 Å². The number of carbonyl (C=O) groups is 2. The number of amides is 1. The fourth-order valence-corrected chi connectivity index (χ4v) is 2.81. The highest BCUT2D eigenvalue weighted by atomic mass is 19.1. The van der Waals surface area contributed by atoms with Gasteiger partial charge in [0, 0.05) is 23.9 Å². The number of aliphatic imine (C=N–C) groups is 1. The van der Waals surface area contributed by atoms with Gasteiger partial charge in [-0.15, -0.1) is 0 Å². The second-order valence-electron chi connectivity index (χ2n) is 5.80. The van der Waals surface area contributed by atoms with Crippen LogP contribution in [0.3, 0.4) is 0 Å². The average molecular weight is 376 g/mol. The summed E-state index contributed by atoms with van der Waals surface area (Å²) in [7, 11) is 0. The van der Waals surface area contributed by atoms with Crippen LogP contribution < -0.4 is 5.32 Å². The van der Waals surface area contributed by atoms with Gasteiger partial charge in [0.1, 0.15) is 23.0 Å². The summed E-state index contributed by atoms with van der Waals surface area (Å²) in [4.78, 5) is 28.4. The lowest BCUT2D eigenvalue weighted by molar-refractivity contribution is -0.140. The van der Waals surface area contributed by atoms with Gasteiger partial charge < -0.3 is 10.1 Å². The lowest BCUT2D eigenvalue weighted by Gasteiger charge is -2.26. The maximum atomic E-state index is 13.9. The molecule has 1 aliphatic carbocycles. The Morgan fingerprint density at radius 2 is 2.04 bits per heavy atom. The molecule has 0 spiro atoms. The maximum Gasteiger partial charge on any atom is 0.345 e. The highest BCUT2D eigenvalue weighted by molar-refractivity contribution is 6.24. The number of nitrogens with zero attached hydrogens (tertiary/aromatic N) is 1. The summed E-state index contributed by atoms with van der Waals surface area (Å²) in [5.41, 5.74) is 0.0510. The second-order valence-corrected chi connectivity index (χ2v) is 5.80. The first-order valence-electron chi connectivity index (χ1n) is 8.18. The van der Waals surface area contributed by atoms with E-state index in [4.69, 9.17) is 4.74 Å². The van der Waals surface area contributed by atoms with Crippen molar-refractivity contribution in [2.45, 2.75) is 13.5 Å². The number of esters is 1. The normalized spacial score (nSPS) is 18.7. The molecule has 0 aromatic heterocycles. The minimum Gasteiger partial charge on any atom is -0.462 e. The number of halogens is 3. The van der Waals surface area contributed by atoms with E-state index >= 15 is 0 Å². The Balaban J connectivity index is 1.98. The lowest BCUT2D eigenvalue weighted by Crippen LogP contribution is -2.35. The van der Waals surface area contributed by atoms with Crippen molar-refractivity contribution in [3.05, 3.63) is 70.7 Å². The fraction of sp³-hybridized carbons (Fsp3) is 0.211. The van der Waals surface area contributed by atoms with Crippen molar-refractivity contribution in [1.82, 2.24) is 5.32 Å². The highest BCUT2D eigenvalue weighted by Gasteiger charge is 2.35. The summed E-state index contributed by atoms with van der Waals surface area (Å²) >= 11 is 0. The van der Waals surface area contributed by atoms with E-state index in [1.165, 1.54) is 18.2 Å². The molecule has 0 saturated heterocycles. The Morgan fingerprint density at radius 1 is 1.26 bits per heavy atom. The number of fused-ring (bicyclic) bond motifs is 1. The minimum atomic E-state index is -0.907. The van der Waals surface area contributed by atoms with Crippen LogP contribution in [0.1, 0.15) is 12.5 Å². The molecule has 1 amide bonds. The molecule has 2 aliphatic rings. The van der Waals surface area contributed by atoms with Crippen LogP contribution in [0.2, 0.25) is 0 Å². The van der Waals surface area contributed by atoms with Gasteiger partial charge in [-0.05, 0) is 31.2 Å². The summed E-state index contributed by atoms with van der Waals surface area (Å²) in [6.45, 7) is 1.45. The van der Waals surface area contributed by atoms with Crippen LogP contribution in [0, 0.1) is 17.6 Å². The van der Waals surface area contributed by atoms with E-state index in [0.29, 0.717) is 0 Å². The summed E-state index contributed by atoms with van der Waals surface area (Å²) in [5.74, 6) is -4.65. The van der Waals surface area contributed by atoms with E-state index < -0.39 is 35.3 Å². The predicted octanol–water partition coefficient (Wildman–Crippen LogP) is 2.89. The third kappa shape index (κ3) is 3.84. The van der Waals surface area contributed by atoms with Crippen LogP contribution in [0.4, 0.5) is 13.2 Å². The molecule has 1 aromatic rings. The number of hydrogen-bond acceptors (Lipinski definition) is 4. The topological polar surface area (TPSA) is 67.8 Å². The molecule has 5 nitrogen and oxygen atoms in total. The van der Waals surface area contributed by atoms with E-state index in [0.717, 1.165) is 18.2 Å². The molecule has 8 heteroatoms. The number of nitrogens with one attached hydrogen (secondary N) is 1. The van der Waals surface area contributed by atoms with Crippen molar-refractivity contribution in [2.24, 2.45) is 10.9 Å². The smallest absolute Gasteiger partial charge is 0.345 e. The molecule has 140 valence electrons. The number of carbonyl (C=O) groups excluding carboxylic acids is 2. The van der Waals surface area contributed by atoms with Crippen LogP contribution in [0.5, 0.6) is 0 Å². The Bertz CT molecular complexity index is 932. The molecule has 3 rings (SSSR count). The Hall–Kier alpha value is -3.16. The van der Waals surface area contributed by atoms with E-state index in [-0.39, 0.29) is 35.7 Å². The summed E-state index contributed by atoms with van der Waals surface area (Å²) < 4.78 is 45.6. The van der Waals surface area contributed by atoms with E-state index in [9.17, 15) is 22.8 Å². The molecule has 27 heavy (non-hydrogen) atoms. The molecule has 1 N–H and O–H groups in total. The molecule has 1 unspecified atom stereocenters. The molecule has 1 aromatic carbocycles. The zero-order valence-corrected chi connectivity index (χ0v) is 14.3. The fourth-order valence-electron chi connectivity index (χ4n) is 2.81. The number of hydrogen-bond donors (Lipinski definition) is 1. The van der Waals surface area contributed by atoms with Gasteiger partial charge in [0.15, 0.2) is 0 Å². The van der Waals surface area contributed by atoms with Crippen molar-refractivity contribution < 1.29 is 27.5 Å². The first kappa shape index (κ1) is 18.6. The zero-order chi connectivity index (χ0) is 19.6. The van der Waals surface area contributed by atoms with Crippen LogP contribution >= 0.6 is 0 Å². The SMILES string of the molecule is CCOC(=O)C1=C(NCc2ccc(F)cc2F)C2C=C(F)C=CC2=NC1=O. The van der Waals surface area contributed by atoms with Crippen molar-refractivity contribution in [1.29, 1.82) is 0 Å². The third-order valence-electron chi connectivity index (χ3n) is 4.05. The van der Waals surface area contributed by atoms with Gasteiger partial charge in [-0.1, -0.05) is 6.07 Å². The van der Waals surface area contributed by atoms with Crippen LogP contribution in [0.15, 0.2) is 58.5 Å². The Morgan fingerprint density at radius 3 is 2.74 bits per heavy atom. The van der Waals surface area contributed by atoms with Gasteiger partial charge in [0.25, 0.3) is 5.91 Å². The number of allylic oxidation sites excluding steroid dienone is 4. The van der Waals surface area contributed by atoms with Crippen LogP contribution in [0.25, 0.3) is 0 Å². The molecule has 0 fully saturated rings. The quantitative estimate of drug-likeness (QED) is 0.634. The molecule has 1 heterocycles. The van der Waals surface area contributed by atoms with Gasteiger partial charge in [0.2, 0.25) is 0 Å². The van der Waals surface area contributed by atoms with E-state index in [1.54, 1.807) is 6.92 Å². The predicted molar refractivity (Wildman–Crippen MR) is 91.1 cm³/mol. The molecular weight excluding hydrogens is 361 g/mol. The molecule has 0 bridgehead atoms. The van der Waals surface area contributed by atoms with E-state index in [1.807, 2.05) is 0 Å². The monoisotopic (exact) mass is 376 g/mol. The van der Waals surface area contributed by atoms with E-state index in [2.05, 4.69) is 10.3 Å². The summed E-state index contributed by atoms with van der Waals surface area (Å²) in [6, 6.07) is 3.04. The van der Waals surface area contributed by atoms with Gasteiger partial charge in [-0.25, -0.2) is 23.0 Å². The highest BCUT2D eigenvalue weighted by Crippen LogP contribution is 2.29. The number of ether oxygens (including phenoxy) is 1. The number of dihydropyridines is 1. The van der Waals surface area contributed by atoms with Gasteiger partial charge >= 0.3 is 5.97 Å². The Kier molecular flexibility index (Phi) is 5.25. The number of rotatable bonds is 5. The van der Waals surface area contributed by atoms with Gasteiger partial charge in [0.05, 0.1) is 18.2 Å². The first-order chi connectivity index (χ1) is 12.9. The molecule has 0 radical (unpaired) electrons. The molecule has 1 atom stereocenters. The van der Waals surface area contributed by atoms with Crippen molar-refractivity contribution in [3.63, 3.8) is 0 Å². The van der Waals surface area contributed by atoms with Crippen molar-refractivity contribution >= 4 is 17.6 Å². The molecule has 0 saturated carbocycles. The number of benzene rings is 1.